The van der Waals surface area contributed by atoms with E-state index in [4.69, 9.17) is 0 Å². The summed E-state index contributed by atoms with van der Waals surface area (Å²) in [5, 5.41) is 0. The predicted molar refractivity (Wildman–Crippen MR) is 69.0 cm³/mol. The van der Waals surface area contributed by atoms with Crippen molar-refractivity contribution < 1.29 is 13.2 Å². The van der Waals surface area contributed by atoms with E-state index in [-0.39, 0.29) is 10.8 Å². The molecule has 0 radical (unpaired) electrons. The van der Waals surface area contributed by atoms with Crippen LogP contribution in [-0.2, 0) is 21.2 Å². The van der Waals surface area contributed by atoms with E-state index in [0.29, 0.717) is 12.8 Å². The Balaban J connectivity index is 2.50. The van der Waals surface area contributed by atoms with E-state index < -0.39 is 10.0 Å². The van der Waals surface area contributed by atoms with Gasteiger partial charge in [0.15, 0.2) is 0 Å². The Morgan fingerprint density at radius 3 is 2.50 bits per heavy atom. The lowest BCUT2D eigenvalue weighted by Crippen LogP contribution is -2.31. The number of nitrogens with zero attached hydrogens (tertiary/aromatic N) is 2. The molecule has 0 N–H and O–H groups in total. The largest absolute Gasteiger partial charge is 0.315 e. The zero-order chi connectivity index (χ0) is 13.5. The van der Waals surface area contributed by atoms with Gasteiger partial charge in [0.05, 0.1) is 4.90 Å². The molecule has 1 aromatic rings. The Hall–Kier alpha value is -1.40. The molecule has 2 rings (SSSR count). The first-order chi connectivity index (χ1) is 8.34. The van der Waals surface area contributed by atoms with Crippen LogP contribution in [0.2, 0.25) is 0 Å². The number of aryl methyl sites for hydroxylation is 1. The van der Waals surface area contributed by atoms with Gasteiger partial charge in [0.2, 0.25) is 15.9 Å². The minimum atomic E-state index is -3.41. The quantitative estimate of drug-likeness (QED) is 0.799. The summed E-state index contributed by atoms with van der Waals surface area (Å²) in [5.74, 6) is 0.0608. The topological polar surface area (TPSA) is 57.7 Å². The molecule has 1 amide bonds. The molecule has 18 heavy (non-hydrogen) atoms. The minimum Gasteiger partial charge on any atom is -0.315 e. The second-order valence-electron chi connectivity index (χ2n) is 4.53. The van der Waals surface area contributed by atoms with Crippen LogP contribution in [0.5, 0.6) is 0 Å². The Morgan fingerprint density at radius 1 is 1.22 bits per heavy atom. The van der Waals surface area contributed by atoms with Crippen molar-refractivity contribution in [3.05, 3.63) is 23.8 Å². The van der Waals surface area contributed by atoms with Crippen LogP contribution < -0.4 is 4.90 Å². The van der Waals surface area contributed by atoms with Gasteiger partial charge in [-0.1, -0.05) is 0 Å². The van der Waals surface area contributed by atoms with Gasteiger partial charge in [-0.3, -0.25) is 4.79 Å². The highest BCUT2D eigenvalue weighted by molar-refractivity contribution is 7.89. The fourth-order valence-corrected chi connectivity index (χ4v) is 2.96. The van der Waals surface area contributed by atoms with Crippen molar-refractivity contribution >= 4 is 21.6 Å². The van der Waals surface area contributed by atoms with Gasteiger partial charge in [-0.15, -0.1) is 0 Å². The lowest BCUT2D eigenvalue weighted by atomic mass is 10.0. The zero-order valence-electron chi connectivity index (χ0n) is 10.7. The number of anilines is 1. The molecule has 0 spiro atoms. The molecule has 0 fully saturated rings. The van der Waals surface area contributed by atoms with Gasteiger partial charge in [0.25, 0.3) is 0 Å². The number of sulfonamides is 1. The summed E-state index contributed by atoms with van der Waals surface area (Å²) in [4.78, 5) is 13.4. The Labute approximate surface area is 107 Å². The summed E-state index contributed by atoms with van der Waals surface area (Å²) < 4.78 is 25.2. The van der Waals surface area contributed by atoms with Gasteiger partial charge in [-0.05, 0) is 30.2 Å². The highest BCUT2D eigenvalue weighted by Gasteiger charge is 2.24. The van der Waals surface area contributed by atoms with Crippen LogP contribution in [0.15, 0.2) is 23.1 Å². The minimum absolute atomic E-state index is 0.0608. The Morgan fingerprint density at radius 2 is 1.89 bits per heavy atom. The second kappa shape index (κ2) is 4.37. The number of rotatable bonds is 2. The van der Waals surface area contributed by atoms with E-state index in [1.165, 1.54) is 18.4 Å². The third-order valence-electron chi connectivity index (χ3n) is 3.17. The van der Waals surface area contributed by atoms with Crippen molar-refractivity contribution in [1.82, 2.24) is 4.31 Å². The molecule has 6 heteroatoms. The monoisotopic (exact) mass is 268 g/mol. The van der Waals surface area contributed by atoms with Crippen LogP contribution in [0.3, 0.4) is 0 Å². The summed E-state index contributed by atoms with van der Waals surface area (Å²) in [6.07, 6.45) is 1.02. The lowest BCUT2D eigenvalue weighted by Gasteiger charge is -2.26. The van der Waals surface area contributed by atoms with E-state index in [0.717, 1.165) is 11.3 Å². The number of hydrogen-bond donors (Lipinski definition) is 0. The van der Waals surface area contributed by atoms with E-state index >= 15 is 0 Å². The van der Waals surface area contributed by atoms with Gasteiger partial charge in [-0.25, -0.2) is 12.7 Å². The summed E-state index contributed by atoms with van der Waals surface area (Å²) >= 11 is 0. The highest BCUT2D eigenvalue weighted by atomic mass is 32.2. The van der Waals surface area contributed by atoms with E-state index in [2.05, 4.69) is 0 Å². The number of hydrogen-bond acceptors (Lipinski definition) is 3. The second-order valence-corrected chi connectivity index (χ2v) is 6.68. The molecule has 0 aromatic heterocycles. The molecule has 1 aromatic carbocycles. The third-order valence-corrected chi connectivity index (χ3v) is 4.98. The van der Waals surface area contributed by atoms with Crippen LogP contribution in [0.25, 0.3) is 0 Å². The molecule has 0 saturated heterocycles. The molecular formula is C12H16N2O3S. The molecule has 5 nitrogen and oxygen atoms in total. The first-order valence-corrected chi connectivity index (χ1v) is 7.10. The van der Waals surface area contributed by atoms with Crippen LogP contribution in [0.1, 0.15) is 12.0 Å². The Bertz CT molecular complexity index is 593. The van der Waals surface area contributed by atoms with Crippen molar-refractivity contribution in [3.8, 4) is 0 Å². The smallest absolute Gasteiger partial charge is 0.242 e. The summed E-state index contributed by atoms with van der Waals surface area (Å²) in [6.45, 7) is 0. The number of carbonyl (C=O) groups excluding carboxylic acids is 1. The maximum absolute atomic E-state index is 12.0. The molecule has 1 heterocycles. The molecular weight excluding hydrogens is 252 g/mol. The molecule has 1 aliphatic rings. The number of amides is 1. The van der Waals surface area contributed by atoms with Gasteiger partial charge < -0.3 is 4.90 Å². The highest BCUT2D eigenvalue weighted by Crippen LogP contribution is 2.29. The summed E-state index contributed by atoms with van der Waals surface area (Å²) in [6, 6.07) is 4.90. The average molecular weight is 268 g/mol. The van der Waals surface area contributed by atoms with Gasteiger partial charge >= 0.3 is 0 Å². The molecule has 0 unspecified atom stereocenters. The van der Waals surface area contributed by atoms with Crippen molar-refractivity contribution in [3.63, 3.8) is 0 Å². The predicted octanol–water partition coefficient (Wildman–Crippen LogP) is 0.846. The van der Waals surface area contributed by atoms with Crippen molar-refractivity contribution in [2.45, 2.75) is 17.7 Å². The molecule has 1 aliphatic heterocycles. The van der Waals surface area contributed by atoms with E-state index in [1.54, 1.807) is 30.1 Å². The van der Waals surface area contributed by atoms with Crippen LogP contribution >= 0.6 is 0 Å². The van der Waals surface area contributed by atoms with Gasteiger partial charge in [-0.2, -0.15) is 0 Å². The Kier molecular flexibility index (Phi) is 3.16. The summed E-state index contributed by atoms with van der Waals surface area (Å²) in [7, 11) is 1.31. The molecule has 98 valence electrons. The SMILES string of the molecule is CN1C(=O)CCc2cc(S(=O)(=O)N(C)C)ccc21. The maximum Gasteiger partial charge on any atom is 0.242 e. The average Bonchev–Trinajstić information content (AvgIpc) is 2.33. The van der Waals surface area contributed by atoms with Crippen LogP contribution in [0, 0.1) is 0 Å². The number of carbonyl (C=O) groups is 1. The van der Waals surface area contributed by atoms with Crippen LogP contribution in [-0.4, -0.2) is 39.8 Å². The fraction of sp³-hybridized carbons (Fsp3) is 0.417. The molecule has 0 saturated carbocycles. The molecule has 0 aliphatic carbocycles. The molecule has 0 bridgehead atoms. The lowest BCUT2D eigenvalue weighted by molar-refractivity contribution is -0.118. The van der Waals surface area contributed by atoms with Gasteiger partial charge in [0, 0.05) is 33.3 Å². The number of benzene rings is 1. The van der Waals surface area contributed by atoms with E-state index in [9.17, 15) is 13.2 Å². The summed E-state index contributed by atoms with van der Waals surface area (Å²) in [5.41, 5.74) is 1.70. The standard InChI is InChI=1S/C12H16N2O3S/c1-13(2)18(16,17)10-5-6-11-9(8-10)4-7-12(15)14(11)3/h5-6,8H,4,7H2,1-3H3. The van der Waals surface area contributed by atoms with Gasteiger partial charge in [0.1, 0.15) is 0 Å². The van der Waals surface area contributed by atoms with E-state index in [1.807, 2.05) is 0 Å². The van der Waals surface area contributed by atoms with Crippen molar-refractivity contribution in [1.29, 1.82) is 0 Å². The zero-order valence-corrected chi connectivity index (χ0v) is 11.5. The maximum atomic E-state index is 12.0. The fourth-order valence-electron chi connectivity index (χ4n) is 2.00. The number of fused-ring (bicyclic) bond motifs is 1. The first-order valence-electron chi connectivity index (χ1n) is 5.66. The molecule has 0 atom stereocenters. The van der Waals surface area contributed by atoms with Crippen molar-refractivity contribution in [2.24, 2.45) is 0 Å². The normalized spacial score (nSPS) is 16.0. The first kappa shape index (κ1) is 13.0. The van der Waals surface area contributed by atoms with Crippen LogP contribution in [0.4, 0.5) is 5.69 Å². The van der Waals surface area contributed by atoms with Crippen molar-refractivity contribution in [2.75, 3.05) is 26.0 Å². The third kappa shape index (κ3) is 2.02.